The number of hydrogen-bond acceptors (Lipinski definition) is 3. The first kappa shape index (κ1) is 15.6. The van der Waals surface area contributed by atoms with Crippen LogP contribution in [0.5, 0.6) is 5.75 Å². The molecule has 2 aromatic rings. The number of anilines is 2. The minimum absolute atomic E-state index is 0.0786. The average molecular weight is 311 g/mol. The van der Waals surface area contributed by atoms with Gasteiger partial charge in [-0.15, -0.1) is 0 Å². The lowest BCUT2D eigenvalue weighted by Gasteiger charge is -2.23. The number of hydrogen-bond donors (Lipinski definition) is 0. The number of methoxy groups -OCH3 is 1. The van der Waals surface area contributed by atoms with E-state index in [9.17, 15) is 4.79 Å². The van der Waals surface area contributed by atoms with Crippen LogP contribution in [0.25, 0.3) is 0 Å². The van der Waals surface area contributed by atoms with Crippen LogP contribution < -0.4 is 9.64 Å². The molecule has 0 unspecified atom stereocenters. The molecule has 1 fully saturated rings. The summed E-state index contributed by atoms with van der Waals surface area (Å²) in [5.41, 5.74) is 1.59. The van der Waals surface area contributed by atoms with Gasteiger partial charge in [0.2, 0.25) is 0 Å². The van der Waals surface area contributed by atoms with Crippen LogP contribution in [0.3, 0.4) is 0 Å². The fraction of sp³-hybridized carbons (Fsp3) is 0.316. The first-order valence-electron chi connectivity index (χ1n) is 7.88. The quantitative estimate of drug-likeness (QED) is 0.781. The smallest absolute Gasteiger partial charge is 0.257 e. The van der Waals surface area contributed by atoms with E-state index in [0.29, 0.717) is 12.5 Å². The van der Waals surface area contributed by atoms with Crippen molar-refractivity contribution in [2.24, 2.45) is 5.92 Å². The number of carbonyl (C=O) groups is 1. The maximum absolute atomic E-state index is 12.7. The molecular formula is C19H21NO3. The molecule has 1 aliphatic carbocycles. The molecule has 0 aliphatic heterocycles. The van der Waals surface area contributed by atoms with Gasteiger partial charge >= 0.3 is 0 Å². The minimum Gasteiger partial charge on any atom is -0.497 e. The van der Waals surface area contributed by atoms with Crippen molar-refractivity contribution in [3.05, 3.63) is 54.6 Å². The molecule has 0 atom stereocenters. The van der Waals surface area contributed by atoms with E-state index in [-0.39, 0.29) is 12.5 Å². The lowest BCUT2D eigenvalue weighted by atomic mass is 10.2. The van der Waals surface area contributed by atoms with Crippen LogP contribution in [-0.4, -0.2) is 26.2 Å². The number of carbonyl (C=O) groups excluding carboxylic acids is 1. The molecular weight excluding hydrogens is 290 g/mol. The molecule has 0 saturated heterocycles. The van der Waals surface area contributed by atoms with E-state index in [1.54, 1.807) is 12.0 Å². The third-order valence-electron chi connectivity index (χ3n) is 3.85. The first-order valence-corrected chi connectivity index (χ1v) is 7.88. The zero-order valence-corrected chi connectivity index (χ0v) is 13.3. The number of benzene rings is 2. The van der Waals surface area contributed by atoms with E-state index >= 15 is 0 Å². The van der Waals surface area contributed by atoms with E-state index in [2.05, 4.69) is 0 Å². The predicted molar refractivity (Wildman–Crippen MR) is 90.1 cm³/mol. The number of rotatable bonds is 7. The molecule has 1 aliphatic rings. The molecule has 0 heterocycles. The van der Waals surface area contributed by atoms with Crippen molar-refractivity contribution in [1.82, 2.24) is 0 Å². The predicted octanol–water partition coefficient (Wildman–Crippen LogP) is 3.79. The number of para-hydroxylation sites is 1. The number of amides is 1. The van der Waals surface area contributed by atoms with Gasteiger partial charge < -0.3 is 9.47 Å². The van der Waals surface area contributed by atoms with E-state index in [0.717, 1.165) is 17.1 Å². The summed E-state index contributed by atoms with van der Waals surface area (Å²) in [5, 5.41) is 0. The Morgan fingerprint density at radius 3 is 2.52 bits per heavy atom. The van der Waals surface area contributed by atoms with Crippen LogP contribution in [0.4, 0.5) is 11.4 Å². The van der Waals surface area contributed by atoms with Crippen molar-refractivity contribution in [3.8, 4) is 5.75 Å². The first-order chi connectivity index (χ1) is 11.3. The zero-order valence-electron chi connectivity index (χ0n) is 13.3. The molecule has 2 aromatic carbocycles. The van der Waals surface area contributed by atoms with Crippen LogP contribution in [0.15, 0.2) is 54.6 Å². The van der Waals surface area contributed by atoms with Gasteiger partial charge in [-0.05, 0) is 43.0 Å². The van der Waals surface area contributed by atoms with Gasteiger partial charge in [0.25, 0.3) is 5.91 Å². The Hall–Kier alpha value is -2.33. The molecule has 0 aromatic heterocycles. The van der Waals surface area contributed by atoms with E-state index in [4.69, 9.17) is 9.47 Å². The molecule has 0 spiro atoms. The van der Waals surface area contributed by atoms with E-state index in [1.165, 1.54) is 12.8 Å². The fourth-order valence-corrected chi connectivity index (χ4v) is 2.43. The lowest BCUT2D eigenvalue weighted by molar-refractivity contribution is -0.122. The Kier molecular flexibility index (Phi) is 4.93. The van der Waals surface area contributed by atoms with Crippen molar-refractivity contribution in [3.63, 3.8) is 0 Å². The molecule has 4 nitrogen and oxygen atoms in total. The number of nitrogens with zero attached hydrogens (tertiary/aromatic N) is 1. The molecule has 0 radical (unpaired) electrons. The van der Waals surface area contributed by atoms with Crippen LogP contribution in [0, 0.1) is 5.92 Å². The summed E-state index contributed by atoms with van der Waals surface area (Å²) in [7, 11) is 1.62. The highest BCUT2D eigenvalue weighted by Crippen LogP contribution is 2.30. The van der Waals surface area contributed by atoms with Crippen LogP contribution in [0.2, 0.25) is 0 Å². The molecule has 23 heavy (non-hydrogen) atoms. The summed E-state index contributed by atoms with van der Waals surface area (Å²) >= 11 is 0. The second-order valence-electron chi connectivity index (χ2n) is 5.72. The Labute approximate surface area is 136 Å². The van der Waals surface area contributed by atoms with Gasteiger partial charge in [-0.2, -0.15) is 0 Å². The molecule has 1 saturated carbocycles. The topological polar surface area (TPSA) is 38.8 Å². The maximum Gasteiger partial charge on any atom is 0.257 e. The van der Waals surface area contributed by atoms with Crippen LogP contribution in [0.1, 0.15) is 12.8 Å². The van der Waals surface area contributed by atoms with Gasteiger partial charge in [0.05, 0.1) is 19.4 Å². The highest BCUT2D eigenvalue weighted by atomic mass is 16.5. The Bertz CT molecular complexity index is 653. The van der Waals surface area contributed by atoms with Crippen molar-refractivity contribution in [1.29, 1.82) is 0 Å². The highest BCUT2D eigenvalue weighted by Gasteiger charge is 2.23. The second-order valence-corrected chi connectivity index (χ2v) is 5.72. The minimum atomic E-state index is -0.0786. The molecule has 3 rings (SSSR count). The molecule has 0 N–H and O–H groups in total. The van der Waals surface area contributed by atoms with Crippen LogP contribution >= 0.6 is 0 Å². The fourth-order valence-electron chi connectivity index (χ4n) is 2.43. The Morgan fingerprint density at radius 1 is 1.09 bits per heavy atom. The molecule has 120 valence electrons. The summed E-state index contributed by atoms with van der Waals surface area (Å²) in [6.07, 6.45) is 2.43. The largest absolute Gasteiger partial charge is 0.497 e. The monoisotopic (exact) mass is 311 g/mol. The summed E-state index contributed by atoms with van der Waals surface area (Å²) in [4.78, 5) is 14.4. The molecule has 4 heteroatoms. The molecule has 0 bridgehead atoms. The summed E-state index contributed by atoms with van der Waals surface area (Å²) in [5.74, 6) is 1.28. The Morgan fingerprint density at radius 2 is 1.83 bits per heavy atom. The average Bonchev–Trinajstić information content (AvgIpc) is 3.41. The van der Waals surface area contributed by atoms with E-state index in [1.807, 2.05) is 54.6 Å². The maximum atomic E-state index is 12.7. The normalized spacial score (nSPS) is 13.6. The lowest BCUT2D eigenvalue weighted by Crippen LogP contribution is -2.30. The second kappa shape index (κ2) is 7.29. The van der Waals surface area contributed by atoms with Gasteiger partial charge in [-0.25, -0.2) is 0 Å². The highest BCUT2D eigenvalue weighted by molar-refractivity contribution is 6.01. The van der Waals surface area contributed by atoms with Gasteiger partial charge in [-0.3, -0.25) is 9.69 Å². The van der Waals surface area contributed by atoms with E-state index < -0.39 is 0 Å². The Balaban J connectivity index is 1.81. The SMILES string of the molecule is COc1cccc(N(C(=O)COCC2CC2)c2ccccc2)c1. The summed E-state index contributed by atoms with van der Waals surface area (Å²) < 4.78 is 10.8. The van der Waals surface area contributed by atoms with Crippen molar-refractivity contribution in [2.75, 3.05) is 25.2 Å². The van der Waals surface area contributed by atoms with Crippen molar-refractivity contribution < 1.29 is 14.3 Å². The standard InChI is InChI=1S/C19H21NO3/c1-22-18-9-5-8-17(12-18)20(16-6-3-2-4-7-16)19(21)14-23-13-15-10-11-15/h2-9,12,15H,10-11,13-14H2,1H3. The van der Waals surface area contributed by atoms with Gasteiger partial charge in [0, 0.05) is 11.8 Å². The van der Waals surface area contributed by atoms with Crippen molar-refractivity contribution >= 4 is 17.3 Å². The molecule has 1 amide bonds. The van der Waals surface area contributed by atoms with Crippen LogP contribution in [-0.2, 0) is 9.53 Å². The zero-order chi connectivity index (χ0) is 16.1. The summed E-state index contributed by atoms with van der Waals surface area (Å²) in [6, 6.07) is 17.1. The number of ether oxygens (including phenoxy) is 2. The van der Waals surface area contributed by atoms with Gasteiger partial charge in [0.15, 0.2) is 0 Å². The van der Waals surface area contributed by atoms with Crippen molar-refractivity contribution in [2.45, 2.75) is 12.8 Å². The van der Waals surface area contributed by atoms with Gasteiger partial charge in [-0.1, -0.05) is 24.3 Å². The third-order valence-corrected chi connectivity index (χ3v) is 3.85. The van der Waals surface area contributed by atoms with Gasteiger partial charge in [0.1, 0.15) is 12.4 Å². The summed E-state index contributed by atoms with van der Waals surface area (Å²) in [6.45, 7) is 0.759. The third kappa shape index (κ3) is 4.11.